The number of hydrogen-bond acceptors (Lipinski definition) is 4. The van der Waals surface area contributed by atoms with Gasteiger partial charge in [0, 0.05) is 25.5 Å². The van der Waals surface area contributed by atoms with Gasteiger partial charge in [-0.2, -0.15) is 0 Å². The quantitative estimate of drug-likeness (QED) is 0.566. The minimum atomic E-state index is 0.623. The molecule has 24 heavy (non-hydrogen) atoms. The Morgan fingerprint density at radius 2 is 2.04 bits per heavy atom. The summed E-state index contributed by atoms with van der Waals surface area (Å²) in [7, 11) is 0. The van der Waals surface area contributed by atoms with Gasteiger partial charge in [0.15, 0.2) is 0 Å². The Morgan fingerprint density at radius 1 is 1.08 bits per heavy atom. The molecule has 0 fully saturated rings. The highest BCUT2D eigenvalue weighted by Gasteiger charge is 2.10. The molecule has 6 nitrogen and oxygen atoms in total. The van der Waals surface area contributed by atoms with Crippen molar-refractivity contribution < 1.29 is 4.42 Å². The van der Waals surface area contributed by atoms with Crippen molar-refractivity contribution in [2.45, 2.75) is 26.1 Å². The van der Waals surface area contributed by atoms with Gasteiger partial charge in [-0.25, -0.2) is 9.97 Å². The van der Waals surface area contributed by atoms with Crippen molar-refractivity contribution in [1.29, 1.82) is 0 Å². The Bertz CT molecular complexity index is 893. The number of nitrogens with zero attached hydrogens (tertiary/aromatic N) is 4. The van der Waals surface area contributed by atoms with Gasteiger partial charge in [0.1, 0.15) is 5.76 Å². The maximum atomic E-state index is 5.39. The average Bonchev–Trinajstić information content (AvgIpc) is 3.35. The van der Waals surface area contributed by atoms with E-state index < -0.39 is 0 Å². The summed E-state index contributed by atoms with van der Waals surface area (Å²) in [6.07, 6.45) is 8.34. The number of anilines is 1. The molecule has 0 radical (unpaired) electrons. The van der Waals surface area contributed by atoms with Crippen molar-refractivity contribution in [3.8, 4) is 0 Å². The zero-order chi connectivity index (χ0) is 16.2. The largest absolute Gasteiger partial charge is 0.467 e. The topological polar surface area (TPSA) is 60.8 Å². The van der Waals surface area contributed by atoms with Gasteiger partial charge in [0.2, 0.25) is 5.95 Å². The molecule has 0 aliphatic rings. The molecule has 0 amide bonds. The molecule has 0 unspecified atom stereocenters. The third-order valence-corrected chi connectivity index (χ3v) is 4.01. The van der Waals surface area contributed by atoms with Crippen molar-refractivity contribution in [2.75, 3.05) is 5.32 Å². The van der Waals surface area contributed by atoms with Crippen molar-refractivity contribution in [3.63, 3.8) is 0 Å². The van der Waals surface area contributed by atoms with Crippen LogP contribution in [-0.2, 0) is 19.6 Å². The van der Waals surface area contributed by atoms with Gasteiger partial charge in [-0.3, -0.25) is 0 Å². The van der Waals surface area contributed by atoms with E-state index in [1.54, 1.807) is 6.26 Å². The average molecular weight is 321 g/mol. The lowest BCUT2D eigenvalue weighted by atomic mass is 10.3. The molecule has 6 heteroatoms. The third-order valence-electron chi connectivity index (χ3n) is 4.01. The number of furan rings is 1. The highest BCUT2D eigenvalue weighted by Crippen LogP contribution is 2.20. The van der Waals surface area contributed by atoms with Gasteiger partial charge in [0.25, 0.3) is 0 Å². The summed E-state index contributed by atoms with van der Waals surface area (Å²) in [4.78, 5) is 8.80. The van der Waals surface area contributed by atoms with E-state index in [4.69, 9.17) is 9.40 Å². The van der Waals surface area contributed by atoms with E-state index in [0.29, 0.717) is 6.54 Å². The van der Waals surface area contributed by atoms with E-state index in [2.05, 4.69) is 25.5 Å². The maximum absolute atomic E-state index is 5.39. The Balaban J connectivity index is 1.53. The van der Waals surface area contributed by atoms with E-state index >= 15 is 0 Å². The monoisotopic (exact) mass is 321 g/mol. The Morgan fingerprint density at radius 3 is 2.88 bits per heavy atom. The molecule has 1 N–H and O–H groups in total. The van der Waals surface area contributed by atoms with Crippen molar-refractivity contribution in [2.24, 2.45) is 0 Å². The predicted molar refractivity (Wildman–Crippen MR) is 92.6 cm³/mol. The first-order valence-corrected chi connectivity index (χ1v) is 8.07. The van der Waals surface area contributed by atoms with Crippen molar-refractivity contribution in [3.05, 3.63) is 67.1 Å². The van der Waals surface area contributed by atoms with Crippen molar-refractivity contribution >= 4 is 17.0 Å². The molecule has 4 aromatic rings. The molecular weight excluding hydrogens is 302 g/mol. The molecule has 0 bridgehead atoms. The number of rotatable bonds is 7. The summed E-state index contributed by atoms with van der Waals surface area (Å²) in [6, 6.07) is 12.1. The second-order valence-corrected chi connectivity index (χ2v) is 5.66. The van der Waals surface area contributed by atoms with Crippen LogP contribution in [0.2, 0.25) is 0 Å². The summed E-state index contributed by atoms with van der Waals surface area (Å²) in [5, 5.41) is 3.39. The number of hydrogen-bond donors (Lipinski definition) is 1. The minimum absolute atomic E-state index is 0.623. The summed E-state index contributed by atoms with van der Waals surface area (Å²) < 4.78 is 9.71. The van der Waals surface area contributed by atoms with Crippen LogP contribution in [0.3, 0.4) is 0 Å². The fourth-order valence-electron chi connectivity index (χ4n) is 2.85. The normalized spacial score (nSPS) is 11.2. The summed E-state index contributed by atoms with van der Waals surface area (Å²) >= 11 is 0. The zero-order valence-corrected chi connectivity index (χ0v) is 13.3. The van der Waals surface area contributed by atoms with E-state index in [1.165, 1.54) is 0 Å². The zero-order valence-electron chi connectivity index (χ0n) is 13.3. The Hall–Kier alpha value is -3.02. The molecule has 0 saturated carbocycles. The number of imidazole rings is 2. The molecule has 3 aromatic heterocycles. The Kier molecular flexibility index (Phi) is 4.02. The molecule has 122 valence electrons. The summed E-state index contributed by atoms with van der Waals surface area (Å²) in [5.74, 6) is 1.77. The molecule has 0 aliphatic carbocycles. The third kappa shape index (κ3) is 3.03. The van der Waals surface area contributed by atoms with Crippen LogP contribution in [0.25, 0.3) is 11.0 Å². The number of aromatic nitrogens is 4. The van der Waals surface area contributed by atoms with Crippen LogP contribution in [0.15, 0.2) is 65.8 Å². The SMILES string of the molecule is c1coc(CNc2nc3ccccc3n2CCCn2ccnc2)c1. The molecule has 0 spiro atoms. The van der Waals surface area contributed by atoms with E-state index in [-0.39, 0.29) is 0 Å². The van der Waals surface area contributed by atoms with Crippen molar-refractivity contribution in [1.82, 2.24) is 19.1 Å². The van der Waals surface area contributed by atoms with Gasteiger partial charge >= 0.3 is 0 Å². The number of benzene rings is 1. The fraction of sp³-hybridized carbons (Fsp3) is 0.222. The van der Waals surface area contributed by atoms with Gasteiger partial charge in [0.05, 0.1) is 30.2 Å². The number of para-hydroxylation sites is 2. The summed E-state index contributed by atoms with van der Waals surface area (Å²) in [6.45, 7) is 2.45. The first-order chi connectivity index (χ1) is 11.9. The first kappa shape index (κ1) is 14.6. The lowest BCUT2D eigenvalue weighted by Crippen LogP contribution is -2.09. The van der Waals surface area contributed by atoms with Gasteiger partial charge in [-0.05, 0) is 30.7 Å². The van der Waals surface area contributed by atoms with Crippen LogP contribution >= 0.6 is 0 Å². The molecule has 0 saturated heterocycles. The van der Waals surface area contributed by atoms with Crippen LogP contribution in [0.4, 0.5) is 5.95 Å². The number of nitrogens with one attached hydrogen (secondary N) is 1. The first-order valence-electron chi connectivity index (χ1n) is 8.07. The van der Waals surface area contributed by atoms with E-state index in [9.17, 15) is 0 Å². The number of fused-ring (bicyclic) bond motifs is 1. The molecule has 1 aromatic carbocycles. The van der Waals surface area contributed by atoms with Crippen LogP contribution < -0.4 is 5.32 Å². The van der Waals surface area contributed by atoms with Crippen LogP contribution in [0.5, 0.6) is 0 Å². The Labute approximate surface area is 139 Å². The fourth-order valence-corrected chi connectivity index (χ4v) is 2.85. The molecular formula is C18H19N5O. The van der Waals surface area contributed by atoms with Gasteiger partial charge in [-0.1, -0.05) is 12.1 Å². The molecule has 3 heterocycles. The van der Waals surface area contributed by atoms with E-state index in [1.807, 2.05) is 49.1 Å². The van der Waals surface area contributed by atoms with E-state index in [0.717, 1.165) is 42.3 Å². The van der Waals surface area contributed by atoms with Gasteiger partial charge < -0.3 is 18.9 Å². The minimum Gasteiger partial charge on any atom is -0.467 e. The maximum Gasteiger partial charge on any atom is 0.204 e. The lowest BCUT2D eigenvalue weighted by Gasteiger charge is -2.10. The summed E-state index contributed by atoms with van der Waals surface area (Å²) in [5.41, 5.74) is 2.15. The second-order valence-electron chi connectivity index (χ2n) is 5.66. The molecule has 4 rings (SSSR count). The smallest absolute Gasteiger partial charge is 0.204 e. The van der Waals surface area contributed by atoms with Crippen LogP contribution in [0, 0.1) is 0 Å². The highest BCUT2D eigenvalue weighted by atomic mass is 16.3. The lowest BCUT2D eigenvalue weighted by molar-refractivity contribution is 0.516. The van der Waals surface area contributed by atoms with Crippen LogP contribution in [0.1, 0.15) is 12.2 Å². The van der Waals surface area contributed by atoms with Gasteiger partial charge in [-0.15, -0.1) is 0 Å². The molecule has 0 atom stereocenters. The molecule has 0 aliphatic heterocycles. The second kappa shape index (κ2) is 6.62. The van der Waals surface area contributed by atoms with Crippen LogP contribution in [-0.4, -0.2) is 19.1 Å². The number of aryl methyl sites for hydroxylation is 2. The predicted octanol–water partition coefficient (Wildman–Crippen LogP) is 3.53. The standard InChI is InChI=1S/C18H19N5O/c1-2-7-17-16(6-1)21-18(20-13-15-5-3-12-24-15)23(17)10-4-9-22-11-8-19-14-22/h1-3,5-8,11-12,14H,4,9-10,13H2,(H,20,21). The highest BCUT2D eigenvalue weighted by molar-refractivity contribution is 5.78.